The van der Waals surface area contributed by atoms with Gasteiger partial charge in [0.15, 0.2) is 0 Å². The van der Waals surface area contributed by atoms with Crippen molar-refractivity contribution < 1.29 is 0 Å². The molecule has 18 aromatic carbocycles. The van der Waals surface area contributed by atoms with Crippen molar-refractivity contribution in [1.82, 2.24) is 4.57 Å². The summed E-state index contributed by atoms with van der Waals surface area (Å²) in [6.07, 6.45) is 0. The average Bonchev–Trinajstić information content (AvgIpc) is 1.68. The molecule has 1 aliphatic rings. The molecule has 0 saturated heterocycles. The second-order valence-corrected chi connectivity index (χ2v) is 29.1. The van der Waals surface area contributed by atoms with Crippen LogP contribution in [0, 0.1) is 0 Å². The van der Waals surface area contributed by atoms with E-state index in [0.29, 0.717) is 0 Å². The predicted octanol–water partition coefficient (Wildman–Crippen LogP) is 29.0. The number of anilines is 3. The molecule has 0 bridgehead atoms. The van der Waals surface area contributed by atoms with Gasteiger partial charge in [-0.1, -0.05) is 305 Å². The normalized spacial score (nSPS) is 12.3. The summed E-state index contributed by atoms with van der Waals surface area (Å²) in [5.74, 6) is 0. The summed E-state index contributed by atoms with van der Waals surface area (Å²) in [4.78, 5) is 2.42. The minimum atomic E-state index is -0.153. The number of fused-ring (bicyclic) bond motifs is 9. The molecule has 1 aliphatic carbocycles. The van der Waals surface area contributed by atoms with Crippen LogP contribution in [0.3, 0.4) is 0 Å². The number of rotatable bonds is 13. The molecule has 0 saturated carbocycles. The third-order valence-electron chi connectivity index (χ3n) is 22.6. The van der Waals surface area contributed by atoms with Gasteiger partial charge < -0.3 is 9.47 Å². The van der Waals surface area contributed by atoms with Crippen LogP contribution in [0.15, 0.2) is 400 Å². The fourth-order valence-corrected chi connectivity index (χ4v) is 17.3. The van der Waals surface area contributed by atoms with Crippen molar-refractivity contribution >= 4 is 71.2 Å². The van der Waals surface area contributed by atoms with E-state index in [4.69, 9.17) is 0 Å². The van der Waals surface area contributed by atoms with Gasteiger partial charge in [0.05, 0.1) is 11.0 Å². The van der Waals surface area contributed by atoms with Crippen LogP contribution in [0.25, 0.3) is 171 Å². The molecule has 2 heteroatoms. The first-order chi connectivity index (χ1) is 52.8. The van der Waals surface area contributed by atoms with E-state index in [1.165, 1.54) is 127 Å². The molecule has 1 aromatic heterocycles. The highest BCUT2D eigenvalue weighted by molar-refractivity contribution is 6.18. The third kappa shape index (κ3) is 11.0. The van der Waals surface area contributed by atoms with Gasteiger partial charge in [-0.05, 0) is 264 Å². The Morgan fingerprint density at radius 2 is 0.561 bits per heavy atom. The Morgan fingerprint density at radius 3 is 1.13 bits per heavy atom. The lowest BCUT2D eigenvalue weighted by Crippen LogP contribution is -2.16. The highest BCUT2D eigenvalue weighted by Crippen LogP contribution is 2.52. The Morgan fingerprint density at radius 1 is 0.206 bits per heavy atom. The number of hydrogen-bond donors (Lipinski definition) is 0. The van der Waals surface area contributed by atoms with Gasteiger partial charge in [0, 0.05) is 38.9 Å². The van der Waals surface area contributed by atoms with E-state index in [1.54, 1.807) is 0 Å². The molecule has 1 heterocycles. The number of benzene rings is 18. The first-order valence-corrected chi connectivity index (χ1v) is 37.2. The summed E-state index contributed by atoms with van der Waals surface area (Å²) in [7, 11) is 0. The van der Waals surface area contributed by atoms with Crippen molar-refractivity contribution in [2.75, 3.05) is 4.90 Å². The lowest BCUT2D eigenvalue weighted by atomic mass is 9.82. The molecule has 0 amide bonds. The number of aromatic nitrogens is 1. The van der Waals surface area contributed by atoms with Crippen LogP contribution in [-0.4, -0.2) is 4.57 Å². The largest absolute Gasteiger partial charge is 0.310 e. The van der Waals surface area contributed by atoms with E-state index in [2.05, 4.69) is 424 Å². The molecule has 0 radical (unpaired) electrons. The highest BCUT2D eigenvalue weighted by atomic mass is 15.1. The summed E-state index contributed by atoms with van der Waals surface area (Å²) in [5, 5.41) is 9.68. The zero-order chi connectivity index (χ0) is 71.1. The van der Waals surface area contributed by atoms with Crippen LogP contribution in [0.1, 0.15) is 25.0 Å². The Labute approximate surface area is 624 Å². The van der Waals surface area contributed by atoms with Gasteiger partial charge >= 0.3 is 0 Å². The predicted molar refractivity (Wildman–Crippen MR) is 454 cm³/mol. The van der Waals surface area contributed by atoms with Crippen molar-refractivity contribution in [1.29, 1.82) is 0 Å². The van der Waals surface area contributed by atoms with Gasteiger partial charge in [-0.3, -0.25) is 0 Å². The summed E-state index contributed by atoms with van der Waals surface area (Å²) < 4.78 is 2.44. The van der Waals surface area contributed by atoms with Crippen LogP contribution in [0.5, 0.6) is 0 Å². The minimum absolute atomic E-state index is 0.153. The van der Waals surface area contributed by atoms with E-state index < -0.39 is 0 Å². The molecule has 19 aromatic rings. The first kappa shape index (κ1) is 63.1. The number of nitrogens with zero attached hydrogens (tertiary/aromatic N) is 2. The second kappa shape index (κ2) is 25.9. The molecule has 0 spiro atoms. The fourth-order valence-electron chi connectivity index (χ4n) is 17.3. The van der Waals surface area contributed by atoms with Gasteiger partial charge in [0.2, 0.25) is 0 Å². The molecule has 20 rings (SSSR count). The molecular weight excluding hydrogens is 1290 g/mol. The molecule has 0 N–H and O–H groups in total. The third-order valence-corrected chi connectivity index (χ3v) is 22.6. The van der Waals surface area contributed by atoms with Crippen LogP contribution < -0.4 is 4.90 Å². The number of hydrogen-bond acceptors (Lipinski definition) is 1. The zero-order valence-corrected chi connectivity index (χ0v) is 59.5. The minimum Gasteiger partial charge on any atom is -0.310 e. The van der Waals surface area contributed by atoms with E-state index in [0.717, 1.165) is 72.7 Å². The average molecular weight is 1360 g/mol. The monoisotopic (exact) mass is 1360 g/mol. The Hall–Kier alpha value is -13.7. The summed E-state index contributed by atoms with van der Waals surface area (Å²) in [6, 6.07) is 149. The Kier molecular flexibility index (Phi) is 15.3. The lowest BCUT2D eigenvalue weighted by molar-refractivity contribution is 0.660. The standard InChI is InChI=1S/C105H72N2/c1-105(2)100-43-20-19-38-93(100)94-55-54-87(68-101(94)105)106(85-50-44-72(45-51-85)69-24-7-3-8-25-69)86-52-46-73(47-53-86)76-48-58-102-98(66-76)99-67-77(49-59-103(99)107(102)84-34-13-6-14-35-84)80-63-82(81-61-78(70-26-9-4-10-27-70)60-79(62-81)71-28-11-5-12-29-71)65-83(64-80)90-56-57-97(92-40-22-33-75-31-16-18-37-89(75)92)104-95(90)41-23-42-96(104)91-39-21-32-74-30-15-17-36-88(74)91/h3-68H,1-2H3. The van der Waals surface area contributed by atoms with Crippen molar-refractivity contribution in [2.24, 2.45) is 0 Å². The summed E-state index contributed by atoms with van der Waals surface area (Å²) in [5.41, 5.74) is 32.9. The SMILES string of the molecule is CC1(C)c2ccccc2-c2ccc(N(c3ccc(-c4ccccc4)cc3)c3ccc(-c4ccc5c(c4)c4cc(-c6cc(-c7cc(-c8ccccc8)cc(-c8ccccc8)c7)cc(-c7ccc(-c8cccc9ccccc89)c8c(-c9cccc%10ccccc9%10)cccc78)c6)ccc4n5-c4ccccc4)cc3)cc21. The van der Waals surface area contributed by atoms with Gasteiger partial charge in [0.25, 0.3) is 0 Å². The van der Waals surface area contributed by atoms with E-state index >= 15 is 0 Å². The van der Waals surface area contributed by atoms with Crippen LogP contribution >= 0.6 is 0 Å². The molecular formula is C105H72N2. The molecule has 0 aliphatic heterocycles. The summed E-state index contributed by atoms with van der Waals surface area (Å²) >= 11 is 0. The zero-order valence-electron chi connectivity index (χ0n) is 59.5. The molecule has 107 heavy (non-hydrogen) atoms. The van der Waals surface area contributed by atoms with E-state index in [9.17, 15) is 0 Å². The van der Waals surface area contributed by atoms with Crippen molar-refractivity contribution in [3.05, 3.63) is 412 Å². The molecule has 2 nitrogen and oxygen atoms in total. The highest BCUT2D eigenvalue weighted by Gasteiger charge is 2.36. The topological polar surface area (TPSA) is 8.17 Å². The first-order valence-electron chi connectivity index (χ1n) is 37.2. The van der Waals surface area contributed by atoms with Gasteiger partial charge in [-0.2, -0.15) is 0 Å². The molecule has 0 atom stereocenters. The van der Waals surface area contributed by atoms with Crippen LogP contribution in [0.4, 0.5) is 17.1 Å². The number of para-hydroxylation sites is 1. The maximum atomic E-state index is 2.46. The van der Waals surface area contributed by atoms with Gasteiger partial charge in [-0.15, -0.1) is 0 Å². The van der Waals surface area contributed by atoms with Gasteiger partial charge in [0.1, 0.15) is 0 Å². The second-order valence-electron chi connectivity index (χ2n) is 29.1. The molecule has 0 fully saturated rings. The van der Waals surface area contributed by atoms with Gasteiger partial charge in [-0.25, -0.2) is 0 Å². The van der Waals surface area contributed by atoms with Crippen LogP contribution in [0.2, 0.25) is 0 Å². The van der Waals surface area contributed by atoms with Crippen LogP contribution in [-0.2, 0) is 5.41 Å². The molecule has 502 valence electrons. The van der Waals surface area contributed by atoms with Crippen molar-refractivity contribution in [3.63, 3.8) is 0 Å². The van der Waals surface area contributed by atoms with E-state index in [1.807, 2.05) is 0 Å². The fraction of sp³-hybridized carbons (Fsp3) is 0.0286. The maximum Gasteiger partial charge on any atom is 0.0541 e. The maximum absolute atomic E-state index is 2.46. The quantitative estimate of drug-likeness (QED) is 0.112. The van der Waals surface area contributed by atoms with Crippen molar-refractivity contribution in [2.45, 2.75) is 19.3 Å². The Bertz CT molecular complexity index is 6510. The lowest BCUT2D eigenvalue weighted by Gasteiger charge is -2.28. The molecule has 0 unspecified atom stereocenters. The smallest absolute Gasteiger partial charge is 0.0541 e. The summed E-state index contributed by atoms with van der Waals surface area (Å²) in [6.45, 7) is 4.73. The Balaban J connectivity index is 0.768. The van der Waals surface area contributed by atoms with Crippen molar-refractivity contribution in [3.8, 4) is 117 Å². The van der Waals surface area contributed by atoms with E-state index in [-0.39, 0.29) is 5.41 Å².